The lowest BCUT2D eigenvalue weighted by Gasteiger charge is -2.41. The van der Waals surface area contributed by atoms with Crippen LogP contribution in [0.1, 0.15) is 52.4 Å². The molecule has 2 unspecified atom stereocenters. The van der Waals surface area contributed by atoms with Crippen LogP contribution >= 0.6 is 0 Å². The summed E-state index contributed by atoms with van der Waals surface area (Å²) in [6.07, 6.45) is 8.74. The highest BCUT2D eigenvalue weighted by Gasteiger charge is 2.28. The lowest BCUT2D eigenvalue weighted by molar-refractivity contribution is 0.0919. The van der Waals surface area contributed by atoms with E-state index in [1.165, 1.54) is 51.6 Å². The molecule has 1 nitrogen and oxygen atoms in total. The van der Waals surface area contributed by atoms with Gasteiger partial charge in [-0.05, 0) is 57.0 Å². The molecule has 2 rings (SSSR count). The van der Waals surface area contributed by atoms with Crippen molar-refractivity contribution in [3.63, 3.8) is 0 Å². The van der Waals surface area contributed by atoms with Gasteiger partial charge in [0.15, 0.2) is 0 Å². The van der Waals surface area contributed by atoms with Gasteiger partial charge in [-0.15, -0.1) is 0 Å². The molecular weight excluding hydrogens is 170 g/mol. The molecule has 0 N–H and O–H groups in total. The van der Waals surface area contributed by atoms with Crippen LogP contribution in [0, 0.1) is 11.8 Å². The van der Waals surface area contributed by atoms with Gasteiger partial charge in [0.2, 0.25) is 0 Å². The molecule has 14 heavy (non-hydrogen) atoms. The summed E-state index contributed by atoms with van der Waals surface area (Å²) in [4.78, 5) is 2.77. The van der Waals surface area contributed by atoms with Crippen molar-refractivity contribution in [3.8, 4) is 0 Å². The van der Waals surface area contributed by atoms with Crippen molar-refractivity contribution in [1.82, 2.24) is 4.90 Å². The van der Waals surface area contributed by atoms with Gasteiger partial charge in [0, 0.05) is 6.04 Å². The number of piperidine rings is 1. The maximum atomic E-state index is 2.77. The molecule has 0 amide bonds. The summed E-state index contributed by atoms with van der Waals surface area (Å²) in [7, 11) is 0. The third-order valence-electron chi connectivity index (χ3n) is 4.06. The quantitative estimate of drug-likeness (QED) is 0.620. The summed E-state index contributed by atoms with van der Waals surface area (Å²) in [6, 6.07) is 0.925. The van der Waals surface area contributed by atoms with E-state index >= 15 is 0 Å². The van der Waals surface area contributed by atoms with E-state index in [1.54, 1.807) is 0 Å². The van der Waals surface area contributed by atoms with Crippen molar-refractivity contribution in [1.29, 1.82) is 0 Å². The van der Waals surface area contributed by atoms with Crippen molar-refractivity contribution < 1.29 is 0 Å². The summed E-state index contributed by atoms with van der Waals surface area (Å²) < 4.78 is 0. The van der Waals surface area contributed by atoms with Crippen LogP contribution in [0.15, 0.2) is 0 Å². The molecule has 1 heteroatoms. The Bertz CT molecular complexity index is 162. The van der Waals surface area contributed by atoms with E-state index in [1.807, 2.05) is 0 Å². The minimum atomic E-state index is 0.925. The van der Waals surface area contributed by atoms with Gasteiger partial charge in [-0.2, -0.15) is 0 Å². The van der Waals surface area contributed by atoms with E-state index in [0.29, 0.717) is 0 Å². The number of likely N-dealkylation sites (tertiary alicyclic amines) is 1. The highest BCUT2D eigenvalue weighted by atomic mass is 15.2. The van der Waals surface area contributed by atoms with Crippen LogP contribution in [0.3, 0.4) is 0 Å². The molecule has 82 valence electrons. The fourth-order valence-electron chi connectivity index (χ4n) is 3.49. The fourth-order valence-corrected chi connectivity index (χ4v) is 3.49. The molecule has 1 heterocycles. The van der Waals surface area contributed by atoms with Crippen LogP contribution in [0.5, 0.6) is 0 Å². The minimum Gasteiger partial charge on any atom is -0.300 e. The molecule has 1 saturated carbocycles. The molecular formula is C13H25N. The second-order valence-corrected chi connectivity index (χ2v) is 5.67. The topological polar surface area (TPSA) is 3.24 Å². The first-order valence-electron chi connectivity index (χ1n) is 6.49. The Balaban J connectivity index is 1.88. The molecule has 0 bridgehead atoms. The van der Waals surface area contributed by atoms with Gasteiger partial charge >= 0.3 is 0 Å². The third kappa shape index (κ3) is 2.50. The first-order valence-corrected chi connectivity index (χ1v) is 6.49. The monoisotopic (exact) mass is 195 g/mol. The molecule has 1 aliphatic heterocycles. The molecule has 0 aromatic rings. The van der Waals surface area contributed by atoms with Gasteiger partial charge in [0.25, 0.3) is 0 Å². The predicted octanol–water partition coefficient (Wildman–Crippen LogP) is 3.30. The molecule has 2 aliphatic rings. The summed E-state index contributed by atoms with van der Waals surface area (Å²) in [5.41, 5.74) is 0. The van der Waals surface area contributed by atoms with Crippen molar-refractivity contribution in [2.45, 2.75) is 58.4 Å². The second kappa shape index (κ2) is 4.65. The normalized spacial score (nSPS) is 41.1. The number of hydrogen-bond donors (Lipinski definition) is 0. The fraction of sp³-hybridized carbons (Fsp3) is 1.00. The van der Waals surface area contributed by atoms with E-state index in [-0.39, 0.29) is 0 Å². The number of nitrogens with zero attached hydrogens (tertiary/aromatic N) is 1. The average Bonchev–Trinajstić information content (AvgIpc) is 2.18. The second-order valence-electron chi connectivity index (χ2n) is 5.67. The Morgan fingerprint density at radius 2 is 1.36 bits per heavy atom. The van der Waals surface area contributed by atoms with Gasteiger partial charge in [-0.1, -0.05) is 20.3 Å². The van der Waals surface area contributed by atoms with Crippen molar-refractivity contribution in [2.75, 3.05) is 13.1 Å². The van der Waals surface area contributed by atoms with Crippen LogP contribution in [0.25, 0.3) is 0 Å². The number of rotatable bonds is 1. The Kier molecular flexibility index (Phi) is 3.48. The summed E-state index contributed by atoms with van der Waals surface area (Å²) in [5.74, 6) is 1.93. The van der Waals surface area contributed by atoms with Gasteiger partial charge in [-0.3, -0.25) is 0 Å². The van der Waals surface area contributed by atoms with Crippen LogP contribution in [0.4, 0.5) is 0 Å². The van der Waals surface area contributed by atoms with E-state index in [9.17, 15) is 0 Å². The molecule has 0 radical (unpaired) electrons. The highest BCUT2D eigenvalue weighted by molar-refractivity contribution is 4.83. The van der Waals surface area contributed by atoms with Crippen LogP contribution in [-0.2, 0) is 0 Å². The lowest BCUT2D eigenvalue weighted by Crippen LogP contribution is -2.43. The lowest BCUT2D eigenvalue weighted by atomic mass is 9.79. The average molecular weight is 195 g/mol. The zero-order chi connectivity index (χ0) is 9.97. The Morgan fingerprint density at radius 3 is 1.93 bits per heavy atom. The van der Waals surface area contributed by atoms with Crippen molar-refractivity contribution >= 4 is 0 Å². The van der Waals surface area contributed by atoms with Crippen molar-refractivity contribution in [3.05, 3.63) is 0 Å². The third-order valence-corrected chi connectivity index (χ3v) is 4.06. The van der Waals surface area contributed by atoms with Gasteiger partial charge in [0.1, 0.15) is 0 Å². The summed E-state index contributed by atoms with van der Waals surface area (Å²) >= 11 is 0. The summed E-state index contributed by atoms with van der Waals surface area (Å²) in [5, 5.41) is 0. The van der Waals surface area contributed by atoms with E-state index < -0.39 is 0 Å². The Labute approximate surface area is 88.9 Å². The molecule has 2 fully saturated rings. The van der Waals surface area contributed by atoms with Crippen LogP contribution < -0.4 is 0 Å². The zero-order valence-electron chi connectivity index (χ0n) is 9.84. The van der Waals surface area contributed by atoms with E-state index in [4.69, 9.17) is 0 Å². The van der Waals surface area contributed by atoms with Crippen molar-refractivity contribution in [2.24, 2.45) is 11.8 Å². The Hall–Kier alpha value is -0.0400. The smallest absolute Gasteiger partial charge is 0.0100 e. The van der Waals surface area contributed by atoms with Gasteiger partial charge in [-0.25, -0.2) is 0 Å². The van der Waals surface area contributed by atoms with Crippen LogP contribution in [0.2, 0.25) is 0 Å². The first-order chi connectivity index (χ1) is 6.75. The predicted molar refractivity (Wildman–Crippen MR) is 61.4 cm³/mol. The molecule has 0 aromatic carbocycles. The van der Waals surface area contributed by atoms with Gasteiger partial charge < -0.3 is 4.90 Å². The van der Waals surface area contributed by atoms with E-state index in [2.05, 4.69) is 18.7 Å². The number of hydrogen-bond acceptors (Lipinski definition) is 1. The molecule has 0 aromatic heterocycles. The standard InChI is InChI=1S/C13H25N/c1-11-8-12(2)10-13(9-11)14-6-4-3-5-7-14/h11-13H,3-10H2,1-2H3. The maximum Gasteiger partial charge on any atom is 0.0100 e. The molecule has 2 atom stereocenters. The highest BCUT2D eigenvalue weighted by Crippen LogP contribution is 2.32. The SMILES string of the molecule is CC1CC(C)CC(N2CCCCC2)C1. The van der Waals surface area contributed by atoms with Crippen LogP contribution in [-0.4, -0.2) is 24.0 Å². The zero-order valence-corrected chi connectivity index (χ0v) is 9.84. The molecule has 1 saturated heterocycles. The molecule has 0 spiro atoms. The Morgan fingerprint density at radius 1 is 0.786 bits per heavy atom. The molecule has 1 aliphatic carbocycles. The first kappa shape index (κ1) is 10.5. The van der Waals surface area contributed by atoms with E-state index in [0.717, 1.165) is 17.9 Å². The van der Waals surface area contributed by atoms with Gasteiger partial charge in [0.05, 0.1) is 0 Å². The summed E-state index contributed by atoms with van der Waals surface area (Å²) in [6.45, 7) is 7.63. The maximum absolute atomic E-state index is 2.77. The largest absolute Gasteiger partial charge is 0.300 e. The minimum absolute atomic E-state index is 0.925.